The summed E-state index contributed by atoms with van der Waals surface area (Å²) in [5.74, 6) is 1.91. The van der Waals surface area contributed by atoms with Crippen LogP contribution in [0, 0.1) is 6.92 Å². The fourth-order valence-electron chi connectivity index (χ4n) is 2.77. The molecule has 1 N–H and O–H groups in total. The highest BCUT2D eigenvalue weighted by Gasteiger charge is 2.27. The monoisotopic (exact) mass is 359 g/mol. The number of rotatable bonds is 8. The number of aromatic nitrogens is 2. The summed E-state index contributed by atoms with van der Waals surface area (Å²) in [5, 5.41) is 12.6. The van der Waals surface area contributed by atoms with Crippen LogP contribution in [0.1, 0.15) is 67.5 Å². The Morgan fingerprint density at radius 1 is 1.36 bits per heavy atom. The van der Waals surface area contributed by atoms with Gasteiger partial charge in [0.2, 0.25) is 11.0 Å². The van der Waals surface area contributed by atoms with E-state index in [-0.39, 0.29) is 5.91 Å². The topological polar surface area (TPSA) is 64.1 Å². The van der Waals surface area contributed by atoms with Crippen molar-refractivity contribution in [1.82, 2.24) is 10.2 Å². The van der Waals surface area contributed by atoms with Crippen LogP contribution in [0.4, 0.5) is 5.13 Å². The average Bonchev–Trinajstić information content (AvgIpc) is 3.31. The summed E-state index contributed by atoms with van der Waals surface area (Å²) >= 11 is 1.49. The second-order valence-electron chi connectivity index (χ2n) is 6.89. The van der Waals surface area contributed by atoms with Crippen molar-refractivity contribution < 1.29 is 9.53 Å². The lowest BCUT2D eigenvalue weighted by atomic mass is 9.98. The van der Waals surface area contributed by atoms with Crippen LogP contribution < -0.4 is 10.1 Å². The number of carbonyl (C=O) groups excluding carboxylic acids is 1. The Kier molecular flexibility index (Phi) is 5.68. The van der Waals surface area contributed by atoms with E-state index in [1.807, 2.05) is 6.07 Å². The van der Waals surface area contributed by atoms with Gasteiger partial charge in [0.05, 0.1) is 6.61 Å². The molecule has 134 valence electrons. The molecule has 1 heterocycles. The molecule has 0 saturated heterocycles. The standard InChI is InChI=1S/C19H25N3O2S/c1-12(2)16-9-8-15(11-13(16)3)24-10-4-5-17(23)20-19-22-21-18(25-19)14-6-7-14/h8-9,11-12,14H,4-7,10H2,1-3H3,(H,20,22,23). The number of anilines is 1. The Morgan fingerprint density at radius 2 is 2.16 bits per heavy atom. The van der Waals surface area contributed by atoms with Gasteiger partial charge in [0.1, 0.15) is 10.8 Å². The zero-order valence-corrected chi connectivity index (χ0v) is 15.9. The Morgan fingerprint density at radius 3 is 2.84 bits per heavy atom. The maximum atomic E-state index is 12.0. The first-order valence-corrected chi connectivity index (χ1v) is 9.71. The van der Waals surface area contributed by atoms with Gasteiger partial charge in [-0.1, -0.05) is 31.3 Å². The van der Waals surface area contributed by atoms with Crippen LogP contribution in [0.3, 0.4) is 0 Å². The minimum Gasteiger partial charge on any atom is -0.494 e. The van der Waals surface area contributed by atoms with Gasteiger partial charge in [-0.25, -0.2) is 0 Å². The molecule has 1 amide bonds. The molecule has 0 atom stereocenters. The van der Waals surface area contributed by atoms with E-state index in [0.29, 0.717) is 36.4 Å². The third-order valence-corrected chi connectivity index (χ3v) is 5.29. The summed E-state index contributed by atoms with van der Waals surface area (Å²) in [5.41, 5.74) is 2.59. The highest BCUT2D eigenvalue weighted by Crippen LogP contribution is 2.42. The maximum absolute atomic E-state index is 12.0. The molecule has 1 aliphatic rings. The Bertz CT molecular complexity index is 738. The van der Waals surface area contributed by atoms with Gasteiger partial charge in [0.25, 0.3) is 0 Å². The van der Waals surface area contributed by atoms with E-state index in [4.69, 9.17) is 4.74 Å². The highest BCUT2D eigenvalue weighted by molar-refractivity contribution is 7.15. The Balaban J connectivity index is 1.38. The SMILES string of the molecule is Cc1cc(OCCCC(=O)Nc2nnc(C3CC3)s2)ccc1C(C)C. The van der Waals surface area contributed by atoms with Crippen molar-refractivity contribution in [3.05, 3.63) is 34.3 Å². The number of nitrogens with zero attached hydrogens (tertiary/aromatic N) is 2. The number of hydrogen-bond donors (Lipinski definition) is 1. The van der Waals surface area contributed by atoms with Crippen LogP contribution in [0.15, 0.2) is 18.2 Å². The minimum atomic E-state index is -0.0339. The van der Waals surface area contributed by atoms with Gasteiger partial charge >= 0.3 is 0 Å². The third kappa shape index (κ3) is 5.01. The van der Waals surface area contributed by atoms with Crippen LogP contribution in [-0.2, 0) is 4.79 Å². The van der Waals surface area contributed by atoms with Crippen LogP contribution in [0.5, 0.6) is 5.75 Å². The van der Waals surface area contributed by atoms with E-state index in [0.717, 1.165) is 10.8 Å². The first kappa shape index (κ1) is 17.9. The number of benzene rings is 1. The molecule has 25 heavy (non-hydrogen) atoms. The molecule has 1 aromatic heterocycles. The molecule has 0 aliphatic heterocycles. The second-order valence-corrected chi connectivity index (χ2v) is 7.90. The molecule has 5 nitrogen and oxygen atoms in total. The van der Waals surface area contributed by atoms with Crippen molar-refractivity contribution in [3.63, 3.8) is 0 Å². The van der Waals surface area contributed by atoms with Crippen molar-refractivity contribution in [2.24, 2.45) is 0 Å². The lowest BCUT2D eigenvalue weighted by Gasteiger charge is -2.12. The fraction of sp³-hybridized carbons (Fsp3) is 0.526. The predicted molar refractivity (Wildman–Crippen MR) is 101 cm³/mol. The van der Waals surface area contributed by atoms with Crippen molar-refractivity contribution in [3.8, 4) is 5.75 Å². The lowest BCUT2D eigenvalue weighted by molar-refractivity contribution is -0.116. The van der Waals surface area contributed by atoms with Gasteiger partial charge in [-0.15, -0.1) is 10.2 Å². The van der Waals surface area contributed by atoms with Crippen LogP contribution in [0.25, 0.3) is 0 Å². The highest BCUT2D eigenvalue weighted by atomic mass is 32.1. The number of ether oxygens (including phenoxy) is 1. The molecule has 2 aromatic rings. The van der Waals surface area contributed by atoms with Crippen LogP contribution >= 0.6 is 11.3 Å². The van der Waals surface area contributed by atoms with Gasteiger partial charge in [0, 0.05) is 12.3 Å². The predicted octanol–water partition coefficient (Wildman–Crippen LogP) is 4.65. The summed E-state index contributed by atoms with van der Waals surface area (Å²) in [6.07, 6.45) is 3.47. The second kappa shape index (κ2) is 7.95. The van der Waals surface area contributed by atoms with Crippen molar-refractivity contribution in [2.45, 2.75) is 58.3 Å². The lowest BCUT2D eigenvalue weighted by Crippen LogP contribution is -2.12. The number of nitrogens with one attached hydrogen (secondary N) is 1. The smallest absolute Gasteiger partial charge is 0.226 e. The third-order valence-electron chi connectivity index (χ3n) is 4.29. The van der Waals surface area contributed by atoms with E-state index in [1.165, 1.54) is 35.3 Å². The van der Waals surface area contributed by atoms with Gasteiger partial charge < -0.3 is 10.1 Å². The maximum Gasteiger partial charge on any atom is 0.226 e. The first-order valence-electron chi connectivity index (χ1n) is 8.89. The molecule has 3 rings (SSSR count). The zero-order chi connectivity index (χ0) is 17.8. The van der Waals surface area contributed by atoms with Gasteiger partial charge in [-0.05, 0) is 55.4 Å². The minimum absolute atomic E-state index is 0.0339. The normalized spacial score (nSPS) is 13.9. The van der Waals surface area contributed by atoms with E-state index in [9.17, 15) is 4.79 Å². The molecule has 6 heteroatoms. The van der Waals surface area contributed by atoms with Gasteiger partial charge in [-0.2, -0.15) is 0 Å². The largest absolute Gasteiger partial charge is 0.494 e. The molecule has 0 unspecified atom stereocenters. The number of aryl methyl sites for hydroxylation is 1. The Hall–Kier alpha value is -1.95. The zero-order valence-electron chi connectivity index (χ0n) is 15.0. The summed E-state index contributed by atoms with van der Waals surface area (Å²) < 4.78 is 5.76. The van der Waals surface area contributed by atoms with Crippen molar-refractivity contribution in [1.29, 1.82) is 0 Å². The summed E-state index contributed by atoms with van der Waals surface area (Å²) in [6, 6.07) is 6.19. The average molecular weight is 359 g/mol. The molecule has 0 radical (unpaired) electrons. The van der Waals surface area contributed by atoms with Crippen LogP contribution in [-0.4, -0.2) is 22.7 Å². The molecular weight excluding hydrogens is 334 g/mol. The Labute approximate surface area is 152 Å². The van der Waals surface area contributed by atoms with Crippen LogP contribution in [0.2, 0.25) is 0 Å². The molecule has 1 aromatic carbocycles. The van der Waals surface area contributed by atoms with Gasteiger partial charge in [0.15, 0.2) is 0 Å². The van der Waals surface area contributed by atoms with E-state index in [1.54, 1.807) is 0 Å². The fourth-order valence-corrected chi connectivity index (χ4v) is 3.70. The first-order chi connectivity index (χ1) is 12.0. The summed E-state index contributed by atoms with van der Waals surface area (Å²) in [7, 11) is 0. The van der Waals surface area contributed by atoms with Crippen molar-refractivity contribution in [2.75, 3.05) is 11.9 Å². The molecule has 1 aliphatic carbocycles. The number of hydrogen-bond acceptors (Lipinski definition) is 5. The molecule has 0 spiro atoms. The van der Waals surface area contributed by atoms with Crippen molar-refractivity contribution >= 4 is 22.4 Å². The summed E-state index contributed by atoms with van der Waals surface area (Å²) in [4.78, 5) is 12.0. The molecule has 0 bridgehead atoms. The number of carbonyl (C=O) groups is 1. The summed E-state index contributed by atoms with van der Waals surface area (Å²) in [6.45, 7) is 7.00. The molecule has 1 fully saturated rings. The van der Waals surface area contributed by atoms with E-state index < -0.39 is 0 Å². The van der Waals surface area contributed by atoms with E-state index in [2.05, 4.69) is 48.4 Å². The van der Waals surface area contributed by atoms with Gasteiger partial charge in [-0.3, -0.25) is 4.79 Å². The molecule has 1 saturated carbocycles. The number of amides is 1. The van der Waals surface area contributed by atoms with E-state index >= 15 is 0 Å². The molecular formula is C19H25N3O2S. The quantitative estimate of drug-likeness (QED) is 0.697.